The molecule has 31 heavy (non-hydrogen) atoms. The molecule has 0 aliphatic carbocycles. The first kappa shape index (κ1) is 20.2. The van der Waals surface area contributed by atoms with Crippen molar-refractivity contribution in [3.8, 4) is 11.1 Å². The third-order valence-corrected chi connectivity index (χ3v) is 8.44. The van der Waals surface area contributed by atoms with Gasteiger partial charge in [-0.05, 0) is 23.3 Å². The molecule has 2 saturated heterocycles. The molecule has 0 unspecified atom stereocenters. The number of hydrogen-bond donors (Lipinski definition) is 2. The Labute approximate surface area is 185 Å². The second kappa shape index (κ2) is 6.89. The van der Waals surface area contributed by atoms with Crippen LogP contribution in [0.4, 0.5) is 22.0 Å². The molecule has 1 aromatic heterocycles. The Morgan fingerprint density at radius 2 is 2.03 bits per heavy atom. The molecule has 2 aromatic rings. The van der Waals surface area contributed by atoms with Crippen LogP contribution in [0.2, 0.25) is 5.02 Å². The minimum atomic E-state index is -3.33. The largest absolute Gasteiger partial charge is 0.441 e. The van der Waals surface area contributed by atoms with Gasteiger partial charge in [0.05, 0.1) is 23.7 Å². The zero-order valence-corrected chi connectivity index (χ0v) is 18.5. The number of fused-ring (bicyclic) bond motifs is 1. The Morgan fingerprint density at radius 3 is 2.71 bits per heavy atom. The van der Waals surface area contributed by atoms with Crippen LogP contribution in [0.15, 0.2) is 24.4 Å². The van der Waals surface area contributed by atoms with Crippen molar-refractivity contribution >= 4 is 44.9 Å². The number of hydrogen-bond acceptors (Lipinski definition) is 7. The number of amides is 1. The SMILES string of the molecule is CN1c2ccc(-c3cnc(N)c(Cl)c3N3CCC4(CC3)CNC(=O)O4)cc2CS1(=O)=O. The smallest absolute Gasteiger partial charge is 0.407 e. The lowest BCUT2D eigenvalue weighted by Gasteiger charge is -2.39. The quantitative estimate of drug-likeness (QED) is 0.701. The molecule has 1 spiro atoms. The Bertz CT molecular complexity index is 1190. The summed E-state index contributed by atoms with van der Waals surface area (Å²) in [5.74, 6) is 0.195. The van der Waals surface area contributed by atoms with Gasteiger partial charge in [0, 0.05) is 44.7 Å². The zero-order chi connectivity index (χ0) is 22.0. The lowest BCUT2D eigenvalue weighted by Crippen LogP contribution is -2.47. The van der Waals surface area contributed by atoms with Crippen molar-refractivity contribution in [2.75, 3.05) is 41.6 Å². The first-order chi connectivity index (χ1) is 14.7. The number of carbonyl (C=O) groups is 1. The van der Waals surface area contributed by atoms with Gasteiger partial charge >= 0.3 is 6.09 Å². The van der Waals surface area contributed by atoms with Gasteiger partial charge in [-0.2, -0.15) is 0 Å². The first-order valence-electron chi connectivity index (χ1n) is 9.95. The molecule has 0 saturated carbocycles. The van der Waals surface area contributed by atoms with Crippen LogP contribution in [-0.4, -0.2) is 51.8 Å². The second-order valence-corrected chi connectivity index (χ2v) is 10.6. The summed E-state index contributed by atoms with van der Waals surface area (Å²) in [5.41, 5.74) is 9.31. The normalized spacial score (nSPS) is 21.2. The maximum absolute atomic E-state index is 12.3. The number of pyridine rings is 1. The third kappa shape index (κ3) is 3.25. The fraction of sp³-hybridized carbons (Fsp3) is 0.400. The maximum atomic E-state index is 12.3. The van der Waals surface area contributed by atoms with Crippen LogP contribution in [0, 0.1) is 0 Å². The number of anilines is 3. The monoisotopic (exact) mass is 463 g/mol. The van der Waals surface area contributed by atoms with E-state index in [1.165, 1.54) is 4.31 Å². The summed E-state index contributed by atoms with van der Waals surface area (Å²) >= 11 is 6.61. The van der Waals surface area contributed by atoms with E-state index < -0.39 is 15.6 Å². The number of halogens is 1. The Hall–Kier alpha value is -2.72. The van der Waals surface area contributed by atoms with Gasteiger partial charge in [0.25, 0.3) is 0 Å². The summed E-state index contributed by atoms with van der Waals surface area (Å²) in [5, 5.41) is 3.10. The van der Waals surface area contributed by atoms with E-state index in [-0.39, 0.29) is 17.7 Å². The number of aromatic nitrogens is 1. The van der Waals surface area contributed by atoms with Gasteiger partial charge < -0.3 is 20.7 Å². The highest BCUT2D eigenvalue weighted by atomic mass is 35.5. The number of piperidine rings is 1. The standard InChI is InChI=1S/C20H22ClN5O4S/c1-25-15-3-2-12(8-13(15)10-31(25,28)29)14-9-23-18(22)16(21)17(14)26-6-4-20(5-7-26)11-24-19(27)30-20/h2-3,8-9H,4-7,10-11H2,1H3,(H2,22,23)(H,24,27). The summed E-state index contributed by atoms with van der Waals surface area (Å²) < 4.78 is 31.3. The van der Waals surface area contributed by atoms with Crippen LogP contribution < -0.4 is 20.3 Å². The van der Waals surface area contributed by atoms with E-state index in [0.29, 0.717) is 43.2 Å². The molecule has 2 fully saturated rings. The van der Waals surface area contributed by atoms with E-state index >= 15 is 0 Å². The lowest BCUT2D eigenvalue weighted by molar-refractivity contribution is 0.0367. The van der Waals surface area contributed by atoms with Crippen LogP contribution in [0.1, 0.15) is 18.4 Å². The number of nitrogens with two attached hydrogens (primary N) is 1. The number of carbonyl (C=O) groups excluding carboxylic acids is 1. The van der Waals surface area contributed by atoms with Crippen molar-refractivity contribution in [1.29, 1.82) is 0 Å². The number of ether oxygens (including phenoxy) is 1. The number of alkyl carbamates (subject to hydrolysis) is 1. The number of nitrogen functional groups attached to an aromatic ring is 1. The van der Waals surface area contributed by atoms with E-state index in [0.717, 1.165) is 22.4 Å². The highest BCUT2D eigenvalue weighted by Crippen LogP contribution is 2.43. The molecule has 5 rings (SSSR count). The van der Waals surface area contributed by atoms with Gasteiger partial charge in [-0.15, -0.1) is 0 Å². The van der Waals surface area contributed by atoms with Crippen LogP contribution >= 0.6 is 11.6 Å². The fourth-order valence-electron chi connectivity index (χ4n) is 4.55. The minimum absolute atomic E-state index is 0.0389. The van der Waals surface area contributed by atoms with E-state index in [9.17, 15) is 13.2 Å². The van der Waals surface area contributed by atoms with E-state index in [4.69, 9.17) is 22.1 Å². The highest BCUT2D eigenvalue weighted by Gasteiger charge is 2.43. The van der Waals surface area contributed by atoms with Gasteiger partial charge in [0.1, 0.15) is 16.4 Å². The molecule has 1 aromatic carbocycles. The van der Waals surface area contributed by atoms with Crippen molar-refractivity contribution < 1.29 is 17.9 Å². The third-order valence-electron chi connectivity index (χ3n) is 6.36. The number of nitrogens with zero attached hydrogens (tertiary/aromatic N) is 3. The van der Waals surface area contributed by atoms with E-state index in [1.807, 2.05) is 12.1 Å². The summed E-state index contributed by atoms with van der Waals surface area (Å²) in [6.45, 7) is 1.77. The summed E-state index contributed by atoms with van der Waals surface area (Å²) in [7, 11) is -1.77. The lowest BCUT2D eigenvalue weighted by atomic mass is 9.90. The van der Waals surface area contributed by atoms with Crippen LogP contribution in [-0.2, 0) is 20.5 Å². The van der Waals surface area contributed by atoms with Crippen molar-refractivity contribution in [3.63, 3.8) is 0 Å². The van der Waals surface area contributed by atoms with Crippen molar-refractivity contribution in [2.24, 2.45) is 0 Å². The molecule has 4 heterocycles. The Kier molecular flexibility index (Phi) is 4.49. The first-order valence-corrected chi connectivity index (χ1v) is 11.9. The van der Waals surface area contributed by atoms with Gasteiger partial charge in [-0.25, -0.2) is 18.2 Å². The molecular formula is C20H22ClN5O4S. The van der Waals surface area contributed by atoms with E-state index in [1.54, 1.807) is 19.3 Å². The zero-order valence-electron chi connectivity index (χ0n) is 16.9. The number of benzene rings is 1. The predicted octanol–water partition coefficient (Wildman–Crippen LogP) is 2.34. The van der Waals surface area contributed by atoms with Crippen LogP contribution in [0.5, 0.6) is 0 Å². The van der Waals surface area contributed by atoms with Crippen molar-refractivity contribution in [1.82, 2.24) is 10.3 Å². The van der Waals surface area contributed by atoms with Crippen LogP contribution in [0.3, 0.4) is 0 Å². The molecule has 0 bridgehead atoms. The molecule has 11 heteroatoms. The summed E-state index contributed by atoms with van der Waals surface area (Å²) in [6.07, 6.45) is 2.62. The average molecular weight is 464 g/mol. The molecule has 0 radical (unpaired) electrons. The molecule has 3 N–H and O–H groups in total. The van der Waals surface area contributed by atoms with Crippen molar-refractivity contribution in [2.45, 2.75) is 24.2 Å². The van der Waals surface area contributed by atoms with E-state index in [2.05, 4.69) is 15.2 Å². The van der Waals surface area contributed by atoms with Gasteiger partial charge in [0.2, 0.25) is 10.0 Å². The predicted molar refractivity (Wildman–Crippen MR) is 119 cm³/mol. The van der Waals surface area contributed by atoms with Gasteiger partial charge in [-0.1, -0.05) is 17.7 Å². The molecule has 164 valence electrons. The number of rotatable bonds is 2. The minimum Gasteiger partial charge on any atom is -0.441 e. The topological polar surface area (TPSA) is 118 Å². The highest BCUT2D eigenvalue weighted by molar-refractivity contribution is 7.92. The van der Waals surface area contributed by atoms with Crippen molar-refractivity contribution in [3.05, 3.63) is 35.0 Å². The maximum Gasteiger partial charge on any atom is 0.407 e. The molecule has 3 aliphatic heterocycles. The molecule has 1 amide bonds. The molecule has 3 aliphatic rings. The molecule has 0 atom stereocenters. The fourth-order valence-corrected chi connectivity index (χ4v) is 6.12. The number of nitrogens with one attached hydrogen (secondary N) is 1. The second-order valence-electron chi connectivity index (χ2n) is 8.20. The molecule has 9 nitrogen and oxygen atoms in total. The average Bonchev–Trinajstić information content (AvgIpc) is 3.20. The Balaban J connectivity index is 1.51. The van der Waals surface area contributed by atoms with Gasteiger partial charge in [0.15, 0.2) is 0 Å². The Morgan fingerprint density at radius 1 is 1.29 bits per heavy atom. The number of sulfonamides is 1. The summed E-state index contributed by atoms with van der Waals surface area (Å²) in [4.78, 5) is 17.9. The molecular weight excluding hydrogens is 442 g/mol. The van der Waals surface area contributed by atoms with Crippen LogP contribution in [0.25, 0.3) is 11.1 Å². The summed E-state index contributed by atoms with van der Waals surface area (Å²) in [6, 6.07) is 5.55. The van der Waals surface area contributed by atoms with Gasteiger partial charge in [-0.3, -0.25) is 4.31 Å².